The molecule has 0 aliphatic carbocycles. The number of rotatable bonds is 4. The normalized spacial score (nSPS) is 11.4. The monoisotopic (exact) mass is 324 g/mol. The number of para-hydroxylation sites is 2. The van der Waals surface area contributed by atoms with E-state index in [9.17, 15) is 0 Å². The molecule has 1 heterocycles. The molecular formula is C23H20N2. The highest BCUT2D eigenvalue weighted by atomic mass is 15.1. The first-order valence-corrected chi connectivity index (χ1v) is 8.53. The maximum absolute atomic E-state index is 4.82. The molecule has 0 radical (unpaired) electrons. The van der Waals surface area contributed by atoms with Crippen LogP contribution in [0.4, 0.5) is 0 Å². The van der Waals surface area contributed by atoms with Gasteiger partial charge in [0, 0.05) is 6.54 Å². The van der Waals surface area contributed by atoms with Crippen molar-refractivity contribution in [2.45, 2.75) is 13.5 Å². The van der Waals surface area contributed by atoms with Crippen molar-refractivity contribution >= 4 is 23.2 Å². The average molecular weight is 324 g/mol. The highest BCUT2D eigenvalue weighted by molar-refractivity contribution is 5.80. The summed E-state index contributed by atoms with van der Waals surface area (Å²) >= 11 is 0. The predicted molar refractivity (Wildman–Crippen MR) is 105 cm³/mol. The Balaban J connectivity index is 1.77. The first-order valence-electron chi connectivity index (χ1n) is 8.53. The fraction of sp³-hybridized carbons (Fsp3) is 0.0870. The molecule has 1 aromatic heterocycles. The molecule has 0 N–H and O–H groups in total. The van der Waals surface area contributed by atoms with Gasteiger partial charge in [0.1, 0.15) is 5.82 Å². The van der Waals surface area contributed by atoms with Gasteiger partial charge in [0.25, 0.3) is 0 Å². The topological polar surface area (TPSA) is 17.8 Å². The van der Waals surface area contributed by atoms with Gasteiger partial charge in [-0.3, -0.25) is 0 Å². The van der Waals surface area contributed by atoms with Crippen LogP contribution in [0.25, 0.3) is 23.2 Å². The summed E-state index contributed by atoms with van der Waals surface area (Å²) in [6.45, 7) is 2.95. The second-order valence-corrected chi connectivity index (χ2v) is 6.28. The van der Waals surface area contributed by atoms with Gasteiger partial charge in [-0.25, -0.2) is 4.98 Å². The molecule has 0 aliphatic heterocycles. The van der Waals surface area contributed by atoms with E-state index in [2.05, 4.69) is 90.4 Å². The zero-order chi connectivity index (χ0) is 17.1. The van der Waals surface area contributed by atoms with Crippen molar-refractivity contribution in [3.05, 3.63) is 101 Å². The molecule has 0 spiro atoms. The van der Waals surface area contributed by atoms with Gasteiger partial charge in [0.05, 0.1) is 11.0 Å². The number of fused-ring (bicyclic) bond motifs is 1. The summed E-state index contributed by atoms with van der Waals surface area (Å²) in [5.41, 5.74) is 5.94. The van der Waals surface area contributed by atoms with Gasteiger partial charge in [0.2, 0.25) is 0 Å². The van der Waals surface area contributed by atoms with Crippen LogP contribution < -0.4 is 0 Å². The number of benzene rings is 3. The van der Waals surface area contributed by atoms with E-state index < -0.39 is 0 Å². The summed E-state index contributed by atoms with van der Waals surface area (Å²) in [6, 6.07) is 27.3. The molecule has 0 fully saturated rings. The second-order valence-electron chi connectivity index (χ2n) is 6.28. The molecule has 0 saturated heterocycles. The zero-order valence-corrected chi connectivity index (χ0v) is 14.3. The highest BCUT2D eigenvalue weighted by Crippen LogP contribution is 2.20. The van der Waals surface area contributed by atoms with Crippen molar-refractivity contribution < 1.29 is 0 Å². The van der Waals surface area contributed by atoms with E-state index in [1.165, 1.54) is 16.7 Å². The first kappa shape index (κ1) is 15.4. The van der Waals surface area contributed by atoms with Gasteiger partial charge < -0.3 is 4.57 Å². The van der Waals surface area contributed by atoms with Crippen molar-refractivity contribution in [1.82, 2.24) is 9.55 Å². The SMILES string of the molecule is Cc1cccc(Cn2c(C=Cc3ccccc3)nc3ccccc32)c1. The van der Waals surface area contributed by atoms with Crippen LogP contribution in [0, 0.1) is 6.92 Å². The van der Waals surface area contributed by atoms with Gasteiger partial charge in [-0.1, -0.05) is 78.4 Å². The van der Waals surface area contributed by atoms with Crippen LogP contribution in [-0.2, 0) is 6.54 Å². The van der Waals surface area contributed by atoms with E-state index in [0.29, 0.717) is 0 Å². The van der Waals surface area contributed by atoms with E-state index in [1.807, 2.05) is 12.1 Å². The van der Waals surface area contributed by atoms with Gasteiger partial charge >= 0.3 is 0 Å². The number of nitrogens with zero attached hydrogens (tertiary/aromatic N) is 2. The minimum absolute atomic E-state index is 0.816. The summed E-state index contributed by atoms with van der Waals surface area (Å²) in [7, 11) is 0. The fourth-order valence-corrected chi connectivity index (χ4v) is 3.12. The average Bonchev–Trinajstić information content (AvgIpc) is 2.99. The molecule has 0 unspecified atom stereocenters. The van der Waals surface area contributed by atoms with E-state index >= 15 is 0 Å². The van der Waals surface area contributed by atoms with Crippen LogP contribution in [0.1, 0.15) is 22.5 Å². The molecular weight excluding hydrogens is 304 g/mol. The molecule has 25 heavy (non-hydrogen) atoms. The lowest BCUT2D eigenvalue weighted by Crippen LogP contribution is -2.02. The van der Waals surface area contributed by atoms with E-state index in [-0.39, 0.29) is 0 Å². The minimum atomic E-state index is 0.816. The van der Waals surface area contributed by atoms with Crippen LogP contribution in [0.3, 0.4) is 0 Å². The minimum Gasteiger partial charge on any atom is -0.320 e. The van der Waals surface area contributed by atoms with Crippen molar-refractivity contribution in [1.29, 1.82) is 0 Å². The lowest BCUT2D eigenvalue weighted by atomic mass is 10.1. The Hall–Kier alpha value is -3.13. The molecule has 2 nitrogen and oxygen atoms in total. The standard InChI is InChI=1S/C23H20N2/c1-18-8-7-11-20(16-18)17-25-22-13-6-5-12-21(22)24-23(25)15-14-19-9-3-2-4-10-19/h2-16H,17H2,1H3. The van der Waals surface area contributed by atoms with Gasteiger partial charge in [-0.05, 0) is 36.3 Å². The molecule has 3 aromatic carbocycles. The highest BCUT2D eigenvalue weighted by Gasteiger charge is 2.08. The molecule has 0 amide bonds. The molecule has 0 bridgehead atoms. The molecule has 4 rings (SSSR count). The molecule has 0 aliphatic rings. The van der Waals surface area contributed by atoms with Crippen LogP contribution in [-0.4, -0.2) is 9.55 Å². The number of hydrogen-bond acceptors (Lipinski definition) is 1. The molecule has 4 aromatic rings. The van der Waals surface area contributed by atoms with E-state index in [0.717, 1.165) is 23.4 Å². The van der Waals surface area contributed by atoms with Gasteiger partial charge in [-0.2, -0.15) is 0 Å². The van der Waals surface area contributed by atoms with Crippen LogP contribution in [0.15, 0.2) is 78.9 Å². The summed E-state index contributed by atoms with van der Waals surface area (Å²) in [6.07, 6.45) is 4.22. The van der Waals surface area contributed by atoms with E-state index in [1.54, 1.807) is 0 Å². The Morgan fingerprint density at radius 2 is 1.64 bits per heavy atom. The van der Waals surface area contributed by atoms with Gasteiger partial charge in [-0.15, -0.1) is 0 Å². The van der Waals surface area contributed by atoms with Crippen molar-refractivity contribution in [2.24, 2.45) is 0 Å². The Bertz CT molecular complexity index is 1030. The summed E-state index contributed by atoms with van der Waals surface area (Å²) in [4.78, 5) is 4.82. The lowest BCUT2D eigenvalue weighted by Gasteiger charge is -2.08. The number of aromatic nitrogens is 2. The summed E-state index contributed by atoms with van der Waals surface area (Å²) in [5.74, 6) is 0.978. The van der Waals surface area contributed by atoms with Crippen molar-refractivity contribution in [3.63, 3.8) is 0 Å². The smallest absolute Gasteiger partial charge is 0.134 e. The third-order valence-corrected chi connectivity index (χ3v) is 4.33. The summed E-state index contributed by atoms with van der Waals surface area (Å²) in [5, 5.41) is 0. The molecule has 0 atom stereocenters. The third-order valence-electron chi connectivity index (χ3n) is 4.33. The maximum Gasteiger partial charge on any atom is 0.134 e. The third kappa shape index (κ3) is 3.38. The van der Waals surface area contributed by atoms with Gasteiger partial charge in [0.15, 0.2) is 0 Å². The Labute approximate surface area is 148 Å². The van der Waals surface area contributed by atoms with Crippen LogP contribution in [0.2, 0.25) is 0 Å². The number of imidazole rings is 1. The molecule has 0 saturated carbocycles. The Morgan fingerprint density at radius 1 is 0.840 bits per heavy atom. The summed E-state index contributed by atoms with van der Waals surface area (Å²) < 4.78 is 2.28. The first-order chi connectivity index (χ1) is 12.3. The maximum atomic E-state index is 4.82. The fourth-order valence-electron chi connectivity index (χ4n) is 3.12. The second kappa shape index (κ2) is 6.78. The van der Waals surface area contributed by atoms with Crippen LogP contribution in [0.5, 0.6) is 0 Å². The molecule has 2 heteroatoms. The Morgan fingerprint density at radius 3 is 2.48 bits per heavy atom. The number of hydrogen-bond donors (Lipinski definition) is 0. The lowest BCUT2D eigenvalue weighted by molar-refractivity contribution is 0.813. The molecule has 122 valence electrons. The quantitative estimate of drug-likeness (QED) is 0.480. The van der Waals surface area contributed by atoms with Crippen molar-refractivity contribution in [3.8, 4) is 0 Å². The number of aryl methyl sites for hydroxylation is 1. The van der Waals surface area contributed by atoms with Crippen LogP contribution >= 0.6 is 0 Å². The van der Waals surface area contributed by atoms with E-state index in [4.69, 9.17) is 4.98 Å². The largest absolute Gasteiger partial charge is 0.320 e. The Kier molecular flexibility index (Phi) is 4.17. The predicted octanol–water partition coefficient (Wildman–Crippen LogP) is 5.56. The van der Waals surface area contributed by atoms with Crippen molar-refractivity contribution in [2.75, 3.05) is 0 Å². The zero-order valence-electron chi connectivity index (χ0n) is 14.3.